The van der Waals surface area contributed by atoms with Crippen LogP contribution < -0.4 is 10.1 Å². The number of carbonyl (C=O) groups is 2. The van der Waals surface area contributed by atoms with E-state index in [1.807, 2.05) is 30.3 Å². The number of imidazole rings is 1. The zero-order valence-corrected chi connectivity index (χ0v) is 20.7. The van der Waals surface area contributed by atoms with Gasteiger partial charge in [-0.25, -0.2) is 4.98 Å². The van der Waals surface area contributed by atoms with Gasteiger partial charge in [0.1, 0.15) is 24.2 Å². The van der Waals surface area contributed by atoms with Gasteiger partial charge in [-0.05, 0) is 48.2 Å². The number of ether oxygens (including phenoxy) is 1. The van der Waals surface area contributed by atoms with Gasteiger partial charge in [-0.1, -0.05) is 49.0 Å². The molecule has 1 atom stereocenters. The van der Waals surface area contributed by atoms with Crippen molar-refractivity contribution in [3.8, 4) is 5.75 Å². The minimum Gasteiger partial charge on any atom is -0.489 e. The fourth-order valence-electron chi connectivity index (χ4n) is 5.22. The lowest BCUT2D eigenvalue weighted by molar-refractivity contribution is -0.126. The van der Waals surface area contributed by atoms with Crippen molar-refractivity contribution < 1.29 is 14.3 Å². The lowest BCUT2D eigenvalue weighted by Crippen LogP contribution is -2.49. The summed E-state index contributed by atoms with van der Waals surface area (Å²) in [4.78, 5) is 32.0. The second kappa shape index (κ2) is 9.24. The molecule has 3 aromatic carbocycles. The van der Waals surface area contributed by atoms with Gasteiger partial charge in [0, 0.05) is 30.3 Å². The van der Waals surface area contributed by atoms with Crippen LogP contribution in [0.5, 0.6) is 5.75 Å². The number of piperidine rings is 1. The average molecular weight is 493 g/mol. The number of fused-ring (bicyclic) bond motifs is 2. The Kier molecular flexibility index (Phi) is 5.75. The van der Waals surface area contributed by atoms with E-state index < -0.39 is 6.04 Å². The monoisotopic (exact) mass is 492 g/mol. The second-order valence-corrected chi connectivity index (χ2v) is 9.72. The number of benzene rings is 3. The first-order valence-corrected chi connectivity index (χ1v) is 12.5. The first-order valence-electron chi connectivity index (χ1n) is 12.5. The molecule has 0 bridgehead atoms. The molecular weight excluding hydrogens is 464 g/mol. The van der Waals surface area contributed by atoms with Gasteiger partial charge < -0.3 is 19.5 Å². The number of hydrogen-bond donors (Lipinski definition) is 1. The number of carbonyl (C=O) groups excluding carboxylic acids is 2. The summed E-state index contributed by atoms with van der Waals surface area (Å²) in [7, 11) is 2.05. The molecule has 3 heterocycles. The summed E-state index contributed by atoms with van der Waals surface area (Å²) in [6.45, 7) is 4.59. The fourth-order valence-corrected chi connectivity index (χ4v) is 5.22. The summed E-state index contributed by atoms with van der Waals surface area (Å²) in [6.07, 6.45) is 2.01. The van der Waals surface area contributed by atoms with Crippen LogP contribution in [0.4, 0.5) is 0 Å². The quantitative estimate of drug-likeness (QED) is 0.430. The predicted molar refractivity (Wildman–Crippen MR) is 141 cm³/mol. The Morgan fingerprint density at radius 1 is 1.03 bits per heavy atom. The van der Waals surface area contributed by atoms with E-state index in [0.717, 1.165) is 34.4 Å². The standard InChI is InChI=1S/C30H28N4O3/c1-19-10-15-26(29(35)31-19)34-17-23-22(30(34)36)6-5-9-27(23)37-18-21-13-11-20(12-14-21)16-28-32-24-7-3-4-8-25(24)33(28)2/h3-9,11-14,26H,1,10,15-18H2,2H3,(H,31,35). The second-order valence-electron chi connectivity index (χ2n) is 9.72. The van der Waals surface area contributed by atoms with Gasteiger partial charge in [-0.15, -0.1) is 0 Å². The maximum Gasteiger partial charge on any atom is 0.255 e. The van der Waals surface area contributed by atoms with Crippen LogP contribution in [0, 0.1) is 0 Å². The summed E-state index contributed by atoms with van der Waals surface area (Å²) in [5.74, 6) is 1.41. The highest BCUT2D eigenvalue weighted by Gasteiger charge is 2.39. The Hall–Kier alpha value is -4.39. The van der Waals surface area contributed by atoms with Crippen molar-refractivity contribution in [2.45, 2.75) is 38.5 Å². The van der Waals surface area contributed by atoms with Crippen molar-refractivity contribution in [3.05, 3.63) is 107 Å². The molecule has 37 heavy (non-hydrogen) atoms. The van der Waals surface area contributed by atoms with Gasteiger partial charge >= 0.3 is 0 Å². The van der Waals surface area contributed by atoms with Crippen molar-refractivity contribution in [2.24, 2.45) is 7.05 Å². The smallest absolute Gasteiger partial charge is 0.255 e. The van der Waals surface area contributed by atoms with Crippen LogP contribution >= 0.6 is 0 Å². The van der Waals surface area contributed by atoms with E-state index in [9.17, 15) is 9.59 Å². The molecule has 1 unspecified atom stereocenters. The highest BCUT2D eigenvalue weighted by atomic mass is 16.5. The number of allylic oxidation sites excluding steroid dienone is 1. The van der Waals surface area contributed by atoms with Gasteiger partial charge in [0.2, 0.25) is 5.91 Å². The highest BCUT2D eigenvalue weighted by molar-refractivity contribution is 6.02. The molecule has 2 aliphatic heterocycles. The van der Waals surface area contributed by atoms with Crippen molar-refractivity contribution in [1.29, 1.82) is 0 Å². The SMILES string of the molecule is C=C1CCC(N2Cc3c(OCc4ccc(Cc5nc6ccccc6n5C)cc4)cccc3C2=O)C(=O)N1. The van der Waals surface area contributed by atoms with E-state index >= 15 is 0 Å². The normalized spacial score (nSPS) is 17.3. The molecule has 186 valence electrons. The first kappa shape index (κ1) is 23.0. The maximum absolute atomic E-state index is 13.1. The van der Waals surface area contributed by atoms with Crippen LogP contribution in [0.2, 0.25) is 0 Å². The third kappa shape index (κ3) is 4.27. The summed E-state index contributed by atoms with van der Waals surface area (Å²) in [5, 5.41) is 2.78. The lowest BCUT2D eigenvalue weighted by Gasteiger charge is -2.31. The molecule has 7 nitrogen and oxygen atoms in total. The Morgan fingerprint density at radius 2 is 1.81 bits per heavy atom. The average Bonchev–Trinajstić information content (AvgIpc) is 3.40. The van der Waals surface area contributed by atoms with Crippen LogP contribution in [0.1, 0.15) is 45.7 Å². The Labute approximate surface area is 215 Å². The molecule has 1 N–H and O–H groups in total. The Balaban J connectivity index is 1.13. The number of para-hydroxylation sites is 2. The molecule has 1 aromatic heterocycles. The number of hydrogen-bond acceptors (Lipinski definition) is 4. The van der Waals surface area contributed by atoms with Gasteiger partial charge in [-0.2, -0.15) is 0 Å². The lowest BCUT2D eigenvalue weighted by atomic mass is 10.0. The predicted octanol–water partition coefficient (Wildman–Crippen LogP) is 4.49. The van der Waals surface area contributed by atoms with Gasteiger partial charge in [0.25, 0.3) is 5.91 Å². The van der Waals surface area contributed by atoms with E-state index in [2.05, 4.69) is 53.8 Å². The fraction of sp³-hybridized carbons (Fsp3) is 0.233. The van der Waals surface area contributed by atoms with Gasteiger partial charge in [-0.3, -0.25) is 9.59 Å². The van der Waals surface area contributed by atoms with Gasteiger partial charge in [0.15, 0.2) is 0 Å². The van der Waals surface area contributed by atoms with Crippen molar-refractivity contribution in [2.75, 3.05) is 0 Å². The number of nitrogens with zero attached hydrogens (tertiary/aromatic N) is 3. The summed E-state index contributed by atoms with van der Waals surface area (Å²) in [5.41, 5.74) is 6.50. The van der Waals surface area contributed by atoms with Crippen LogP contribution in [-0.4, -0.2) is 32.3 Å². The molecule has 2 amide bonds. The molecule has 1 saturated heterocycles. The largest absolute Gasteiger partial charge is 0.489 e. The first-order chi connectivity index (χ1) is 18.0. The molecule has 4 aromatic rings. The molecule has 6 rings (SSSR count). The molecule has 0 radical (unpaired) electrons. The number of nitrogens with one attached hydrogen (secondary N) is 1. The summed E-state index contributed by atoms with van der Waals surface area (Å²) >= 11 is 0. The minimum atomic E-state index is -0.484. The van der Waals surface area contributed by atoms with E-state index in [-0.39, 0.29) is 11.8 Å². The topological polar surface area (TPSA) is 76.5 Å². The number of aromatic nitrogens is 2. The Morgan fingerprint density at radius 3 is 2.59 bits per heavy atom. The minimum absolute atomic E-state index is 0.126. The van der Waals surface area contributed by atoms with Crippen LogP contribution in [-0.2, 0) is 31.4 Å². The third-order valence-corrected chi connectivity index (χ3v) is 7.31. The molecule has 7 heteroatoms. The van der Waals surface area contributed by atoms with Crippen molar-refractivity contribution in [1.82, 2.24) is 19.8 Å². The van der Waals surface area contributed by atoms with Crippen LogP contribution in [0.25, 0.3) is 11.0 Å². The third-order valence-electron chi connectivity index (χ3n) is 7.31. The van der Waals surface area contributed by atoms with Gasteiger partial charge in [0.05, 0.1) is 17.6 Å². The van der Waals surface area contributed by atoms with Crippen molar-refractivity contribution >= 4 is 22.8 Å². The van der Waals surface area contributed by atoms with E-state index in [1.165, 1.54) is 5.56 Å². The Bertz CT molecular complexity index is 1540. The number of rotatable bonds is 6. The van der Waals surface area contributed by atoms with E-state index in [1.54, 1.807) is 11.0 Å². The summed E-state index contributed by atoms with van der Waals surface area (Å²) < 4.78 is 8.31. The molecule has 0 saturated carbocycles. The molecule has 0 spiro atoms. The molecule has 0 aliphatic carbocycles. The van der Waals surface area contributed by atoms with Crippen LogP contribution in [0.3, 0.4) is 0 Å². The molecular formula is C30H28N4O3. The highest BCUT2D eigenvalue weighted by Crippen LogP contribution is 2.34. The molecule has 2 aliphatic rings. The maximum atomic E-state index is 13.1. The number of aryl methyl sites for hydroxylation is 1. The summed E-state index contributed by atoms with van der Waals surface area (Å²) in [6, 6.07) is 21.5. The zero-order valence-electron chi connectivity index (χ0n) is 20.7. The van der Waals surface area contributed by atoms with Crippen LogP contribution in [0.15, 0.2) is 79.0 Å². The molecule has 1 fully saturated rings. The zero-order chi connectivity index (χ0) is 25.5. The van der Waals surface area contributed by atoms with E-state index in [0.29, 0.717) is 43.0 Å². The number of amides is 2. The van der Waals surface area contributed by atoms with E-state index in [4.69, 9.17) is 9.72 Å². The van der Waals surface area contributed by atoms with Crippen molar-refractivity contribution in [3.63, 3.8) is 0 Å².